The zero-order chi connectivity index (χ0) is 22.1. The van der Waals surface area contributed by atoms with Crippen molar-refractivity contribution in [2.75, 3.05) is 5.32 Å². The highest BCUT2D eigenvalue weighted by molar-refractivity contribution is 6.40. The van der Waals surface area contributed by atoms with Crippen molar-refractivity contribution in [1.29, 1.82) is 0 Å². The fourth-order valence-corrected chi connectivity index (χ4v) is 2.98. The van der Waals surface area contributed by atoms with E-state index < -0.39 is 41.2 Å². The minimum absolute atomic E-state index is 0.0520. The zero-order valence-corrected chi connectivity index (χ0v) is 15.5. The lowest BCUT2D eigenvalue weighted by Gasteiger charge is -2.18. The van der Waals surface area contributed by atoms with E-state index in [1.165, 1.54) is 18.3 Å². The van der Waals surface area contributed by atoms with Gasteiger partial charge in [0.15, 0.2) is 11.6 Å². The van der Waals surface area contributed by atoms with Gasteiger partial charge in [0.05, 0.1) is 22.8 Å². The minimum atomic E-state index is -4.54. The van der Waals surface area contributed by atoms with Gasteiger partial charge < -0.3 is 15.6 Å². The molecule has 3 aromatic rings. The summed E-state index contributed by atoms with van der Waals surface area (Å²) in [6, 6.07) is 5.38. The number of benzene rings is 2. The van der Waals surface area contributed by atoms with E-state index in [9.17, 15) is 31.5 Å². The molecule has 0 bridgehead atoms. The zero-order valence-electron chi connectivity index (χ0n) is 15.5. The Kier molecular flexibility index (Phi) is 5.77. The molecule has 2 aromatic carbocycles. The third-order valence-corrected chi connectivity index (χ3v) is 4.51. The summed E-state index contributed by atoms with van der Waals surface area (Å²) >= 11 is 0. The highest BCUT2D eigenvalue weighted by atomic mass is 19.4. The first kappa shape index (κ1) is 21.3. The van der Waals surface area contributed by atoms with Crippen molar-refractivity contribution in [1.82, 2.24) is 10.3 Å². The Labute approximate surface area is 167 Å². The number of hydrogen-bond donors (Lipinski definition) is 3. The van der Waals surface area contributed by atoms with Crippen LogP contribution in [-0.4, -0.2) is 16.8 Å². The number of aromatic amines is 1. The highest BCUT2D eigenvalue weighted by Crippen LogP contribution is 2.31. The molecule has 1 heterocycles. The van der Waals surface area contributed by atoms with Gasteiger partial charge in [0, 0.05) is 17.6 Å². The number of carbonyl (C=O) groups is 2. The van der Waals surface area contributed by atoms with Gasteiger partial charge in [-0.25, -0.2) is 8.78 Å². The molecule has 10 heteroatoms. The third kappa shape index (κ3) is 4.42. The van der Waals surface area contributed by atoms with Gasteiger partial charge in [-0.05, 0) is 30.2 Å². The largest absolute Gasteiger partial charge is 0.416 e. The van der Waals surface area contributed by atoms with Crippen molar-refractivity contribution in [3.8, 4) is 0 Å². The van der Waals surface area contributed by atoms with Crippen LogP contribution < -0.4 is 10.6 Å². The van der Waals surface area contributed by atoms with Crippen LogP contribution in [0.15, 0.2) is 42.6 Å². The van der Waals surface area contributed by atoms with Gasteiger partial charge >= 0.3 is 18.0 Å². The molecule has 0 saturated heterocycles. The van der Waals surface area contributed by atoms with Gasteiger partial charge in [-0.3, -0.25) is 9.59 Å². The number of alkyl halides is 3. The van der Waals surface area contributed by atoms with Crippen molar-refractivity contribution in [2.45, 2.75) is 25.6 Å². The Morgan fingerprint density at radius 2 is 1.77 bits per heavy atom. The summed E-state index contributed by atoms with van der Waals surface area (Å²) in [7, 11) is 0. The average Bonchev–Trinajstić information content (AvgIpc) is 3.07. The molecule has 0 radical (unpaired) electrons. The highest BCUT2D eigenvalue weighted by Gasteiger charge is 2.31. The van der Waals surface area contributed by atoms with Crippen molar-refractivity contribution in [2.24, 2.45) is 0 Å². The number of nitrogens with one attached hydrogen (secondary N) is 3. The van der Waals surface area contributed by atoms with E-state index >= 15 is 0 Å². The van der Waals surface area contributed by atoms with Crippen molar-refractivity contribution in [3.63, 3.8) is 0 Å². The number of fused-ring (bicyclic) bond motifs is 1. The maximum Gasteiger partial charge on any atom is 0.416 e. The Morgan fingerprint density at radius 3 is 2.43 bits per heavy atom. The molecule has 0 unspecified atom stereocenters. The van der Waals surface area contributed by atoms with Crippen LogP contribution >= 0.6 is 0 Å². The summed E-state index contributed by atoms with van der Waals surface area (Å²) in [4.78, 5) is 27.1. The van der Waals surface area contributed by atoms with Crippen LogP contribution in [0.1, 0.15) is 30.5 Å². The molecule has 0 aliphatic rings. The molecule has 2 amide bonds. The van der Waals surface area contributed by atoms with E-state index in [4.69, 9.17) is 0 Å². The molecule has 3 N–H and O–H groups in total. The van der Waals surface area contributed by atoms with Gasteiger partial charge in [0.25, 0.3) is 0 Å². The second-order valence-electron chi connectivity index (χ2n) is 6.53. The Bertz CT molecular complexity index is 1110. The fourth-order valence-electron chi connectivity index (χ4n) is 2.98. The molecule has 1 aromatic heterocycles. The SMILES string of the molecule is CC[C@@H](NC(=O)C(=O)Nc1c[nH]c2cc(F)c(F)cc12)c1cccc(C(F)(F)F)c1. The Morgan fingerprint density at radius 1 is 1.07 bits per heavy atom. The molecular weight excluding hydrogens is 409 g/mol. The number of aromatic nitrogens is 1. The number of rotatable bonds is 4. The lowest BCUT2D eigenvalue weighted by Crippen LogP contribution is -2.37. The number of anilines is 1. The second-order valence-corrected chi connectivity index (χ2v) is 6.53. The fraction of sp³-hybridized carbons (Fsp3) is 0.200. The van der Waals surface area contributed by atoms with Gasteiger partial charge in [-0.15, -0.1) is 0 Å². The molecule has 0 spiro atoms. The summed E-state index contributed by atoms with van der Waals surface area (Å²) in [6.07, 6.45) is -3.05. The first-order chi connectivity index (χ1) is 14.1. The molecule has 0 saturated carbocycles. The number of H-pyrrole nitrogens is 1. The third-order valence-electron chi connectivity index (χ3n) is 4.51. The van der Waals surface area contributed by atoms with Crippen molar-refractivity contribution >= 4 is 28.4 Å². The maximum atomic E-state index is 13.5. The molecule has 0 fully saturated rings. The molecule has 30 heavy (non-hydrogen) atoms. The molecule has 1 atom stereocenters. The Hall–Kier alpha value is -3.43. The normalized spacial score (nSPS) is 12.6. The first-order valence-corrected chi connectivity index (χ1v) is 8.85. The van der Waals surface area contributed by atoms with E-state index in [0.717, 1.165) is 24.3 Å². The van der Waals surface area contributed by atoms with Crippen molar-refractivity contribution in [3.05, 3.63) is 65.4 Å². The van der Waals surface area contributed by atoms with Crippen LogP contribution in [0.25, 0.3) is 10.9 Å². The standard InChI is InChI=1S/C20H16F5N3O2/c1-2-15(10-4-3-5-11(6-10)20(23,24)25)27-18(29)19(30)28-17-9-26-16-8-14(22)13(21)7-12(16)17/h3-9,15,26H,2H2,1H3,(H,27,29)(H,28,30)/t15-/m1/s1. The van der Waals surface area contributed by atoms with Crippen LogP contribution in [0.5, 0.6) is 0 Å². The topological polar surface area (TPSA) is 74.0 Å². The van der Waals surface area contributed by atoms with E-state index in [2.05, 4.69) is 15.6 Å². The average molecular weight is 425 g/mol. The van der Waals surface area contributed by atoms with Crippen LogP contribution in [0.2, 0.25) is 0 Å². The second kappa shape index (κ2) is 8.13. The summed E-state index contributed by atoms with van der Waals surface area (Å²) in [5.41, 5.74) is -0.417. The molecule has 158 valence electrons. The predicted octanol–water partition coefficient (Wildman–Crippen LogP) is 4.67. The summed E-state index contributed by atoms with van der Waals surface area (Å²) < 4.78 is 65.5. The van der Waals surface area contributed by atoms with Crippen LogP contribution in [0.3, 0.4) is 0 Å². The summed E-state index contributed by atoms with van der Waals surface area (Å²) in [5.74, 6) is -4.40. The maximum absolute atomic E-state index is 13.5. The lowest BCUT2D eigenvalue weighted by molar-refractivity contribution is -0.137. The van der Waals surface area contributed by atoms with Crippen LogP contribution in [-0.2, 0) is 15.8 Å². The van der Waals surface area contributed by atoms with Crippen LogP contribution in [0, 0.1) is 11.6 Å². The van der Waals surface area contributed by atoms with Gasteiger partial charge in [-0.1, -0.05) is 19.1 Å². The van der Waals surface area contributed by atoms with E-state index in [0.29, 0.717) is 0 Å². The van der Waals surface area contributed by atoms with Gasteiger partial charge in [0.2, 0.25) is 0 Å². The Balaban J connectivity index is 1.75. The number of amides is 2. The summed E-state index contributed by atoms with van der Waals surface area (Å²) in [5, 5.41) is 4.81. The summed E-state index contributed by atoms with van der Waals surface area (Å²) in [6.45, 7) is 1.64. The number of carbonyl (C=O) groups excluding carboxylic acids is 2. The minimum Gasteiger partial charge on any atom is -0.359 e. The number of hydrogen-bond acceptors (Lipinski definition) is 2. The molecule has 0 aliphatic heterocycles. The lowest BCUT2D eigenvalue weighted by atomic mass is 10.0. The quantitative estimate of drug-likeness (QED) is 0.420. The smallest absolute Gasteiger partial charge is 0.359 e. The molecular formula is C20H16F5N3O2. The van der Waals surface area contributed by atoms with E-state index in [1.807, 2.05) is 0 Å². The van der Waals surface area contributed by atoms with Crippen molar-refractivity contribution < 1.29 is 31.5 Å². The van der Waals surface area contributed by atoms with Crippen LogP contribution in [0.4, 0.5) is 27.6 Å². The molecule has 5 nitrogen and oxygen atoms in total. The van der Waals surface area contributed by atoms with E-state index in [-0.39, 0.29) is 28.6 Å². The monoisotopic (exact) mass is 425 g/mol. The van der Waals surface area contributed by atoms with Gasteiger partial charge in [0.1, 0.15) is 0 Å². The number of halogens is 5. The first-order valence-electron chi connectivity index (χ1n) is 8.85. The predicted molar refractivity (Wildman–Crippen MR) is 99.5 cm³/mol. The molecule has 3 rings (SSSR count). The van der Waals surface area contributed by atoms with E-state index in [1.54, 1.807) is 6.92 Å². The van der Waals surface area contributed by atoms with Gasteiger partial charge in [-0.2, -0.15) is 13.2 Å². The molecule has 0 aliphatic carbocycles.